The lowest BCUT2D eigenvalue weighted by molar-refractivity contribution is 0.170. The van der Waals surface area contributed by atoms with Crippen molar-refractivity contribution < 1.29 is 9.47 Å². The maximum absolute atomic E-state index is 6.28. The fourth-order valence-corrected chi connectivity index (χ4v) is 3.46. The molecule has 1 fully saturated rings. The summed E-state index contributed by atoms with van der Waals surface area (Å²) in [7, 11) is 2.19. The zero-order valence-electron chi connectivity index (χ0n) is 12.7. The second-order valence-electron chi connectivity index (χ2n) is 6.12. The topological polar surface area (TPSA) is 33.7 Å². The largest absolute Gasteiger partial charge is 0.486 e. The van der Waals surface area contributed by atoms with Crippen LogP contribution in [0.2, 0.25) is 5.02 Å². The van der Waals surface area contributed by atoms with Crippen LogP contribution in [0.3, 0.4) is 0 Å². The molecule has 21 heavy (non-hydrogen) atoms. The van der Waals surface area contributed by atoms with E-state index in [0.29, 0.717) is 35.9 Å². The number of nitrogens with one attached hydrogen (secondary N) is 1. The number of halogens is 1. The van der Waals surface area contributed by atoms with E-state index < -0.39 is 0 Å². The van der Waals surface area contributed by atoms with Gasteiger partial charge in [0.25, 0.3) is 0 Å². The Morgan fingerprint density at radius 3 is 2.95 bits per heavy atom. The molecule has 0 amide bonds. The highest BCUT2D eigenvalue weighted by molar-refractivity contribution is 6.32. The van der Waals surface area contributed by atoms with Crippen molar-refractivity contribution in [3.8, 4) is 11.5 Å². The summed E-state index contributed by atoms with van der Waals surface area (Å²) in [5.74, 6) is 2.11. The smallest absolute Gasteiger partial charge is 0.179 e. The number of piperidine rings is 1. The van der Waals surface area contributed by atoms with E-state index >= 15 is 0 Å². The Labute approximate surface area is 131 Å². The second-order valence-corrected chi connectivity index (χ2v) is 6.52. The Balaban J connectivity index is 1.64. The van der Waals surface area contributed by atoms with Gasteiger partial charge in [0, 0.05) is 19.1 Å². The van der Waals surface area contributed by atoms with Gasteiger partial charge < -0.3 is 19.7 Å². The average molecular weight is 311 g/mol. The summed E-state index contributed by atoms with van der Waals surface area (Å²) in [5, 5.41) is 4.30. The Bertz CT molecular complexity index is 509. The number of fused-ring (bicyclic) bond motifs is 1. The molecule has 116 valence electrons. The lowest BCUT2D eigenvalue weighted by Crippen LogP contribution is -2.46. The Hall–Kier alpha value is -0.970. The number of nitrogens with zero attached hydrogens (tertiary/aromatic N) is 1. The monoisotopic (exact) mass is 310 g/mol. The van der Waals surface area contributed by atoms with Crippen molar-refractivity contribution in [2.45, 2.75) is 25.9 Å². The van der Waals surface area contributed by atoms with Crippen molar-refractivity contribution >= 4 is 11.6 Å². The first-order valence-electron chi connectivity index (χ1n) is 7.63. The van der Waals surface area contributed by atoms with Gasteiger partial charge in [-0.1, -0.05) is 18.5 Å². The molecule has 0 radical (unpaired) electrons. The van der Waals surface area contributed by atoms with E-state index in [1.54, 1.807) is 0 Å². The fraction of sp³-hybridized carbons (Fsp3) is 0.625. The van der Waals surface area contributed by atoms with Crippen LogP contribution in [0, 0.1) is 5.92 Å². The summed E-state index contributed by atoms with van der Waals surface area (Å²) >= 11 is 6.28. The zero-order chi connectivity index (χ0) is 14.8. The number of benzene rings is 1. The molecule has 2 aliphatic heterocycles. The normalized spacial score (nSPS) is 25.9. The Kier molecular flexibility index (Phi) is 4.57. The first-order chi connectivity index (χ1) is 10.1. The lowest BCUT2D eigenvalue weighted by Gasteiger charge is -2.35. The molecule has 1 saturated heterocycles. The van der Waals surface area contributed by atoms with Crippen molar-refractivity contribution in [1.29, 1.82) is 0 Å². The van der Waals surface area contributed by atoms with E-state index in [1.165, 1.54) is 6.42 Å². The zero-order valence-corrected chi connectivity index (χ0v) is 13.4. The number of hydrogen-bond donors (Lipinski definition) is 1. The molecule has 0 saturated carbocycles. The van der Waals surface area contributed by atoms with Gasteiger partial charge in [0.15, 0.2) is 11.5 Å². The molecule has 1 aromatic rings. The Morgan fingerprint density at radius 1 is 1.33 bits per heavy atom. The molecule has 1 N–H and O–H groups in total. The highest BCUT2D eigenvalue weighted by Crippen LogP contribution is 2.38. The van der Waals surface area contributed by atoms with Crippen molar-refractivity contribution in [3.05, 3.63) is 22.7 Å². The first kappa shape index (κ1) is 14.9. The summed E-state index contributed by atoms with van der Waals surface area (Å²) in [6.45, 7) is 6.59. The van der Waals surface area contributed by atoms with Crippen LogP contribution in [0.4, 0.5) is 0 Å². The van der Waals surface area contributed by atoms with Gasteiger partial charge in [-0.25, -0.2) is 0 Å². The van der Waals surface area contributed by atoms with E-state index in [0.717, 1.165) is 30.9 Å². The molecule has 3 rings (SSSR count). The summed E-state index contributed by atoms with van der Waals surface area (Å²) < 4.78 is 11.2. The van der Waals surface area contributed by atoms with Crippen LogP contribution >= 0.6 is 11.6 Å². The molecular formula is C16H23ClN2O2. The maximum Gasteiger partial charge on any atom is 0.179 e. The van der Waals surface area contributed by atoms with Gasteiger partial charge in [0.2, 0.25) is 0 Å². The molecule has 0 spiro atoms. The average Bonchev–Trinajstić information content (AvgIpc) is 2.46. The molecule has 2 heterocycles. The molecule has 0 bridgehead atoms. The molecule has 5 heteroatoms. The third-order valence-electron chi connectivity index (χ3n) is 4.33. The van der Waals surface area contributed by atoms with Gasteiger partial charge in [-0.2, -0.15) is 0 Å². The highest BCUT2D eigenvalue weighted by atomic mass is 35.5. The molecule has 2 aliphatic rings. The number of likely N-dealkylation sites (tertiary alicyclic amines) is 1. The molecule has 1 aromatic carbocycles. The van der Waals surface area contributed by atoms with Crippen LogP contribution in [0.1, 0.15) is 18.9 Å². The highest BCUT2D eigenvalue weighted by Gasteiger charge is 2.24. The van der Waals surface area contributed by atoms with E-state index in [1.807, 2.05) is 12.1 Å². The summed E-state index contributed by atoms with van der Waals surface area (Å²) in [5.41, 5.74) is 1.15. The Morgan fingerprint density at radius 2 is 2.14 bits per heavy atom. The van der Waals surface area contributed by atoms with Crippen molar-refractivity contribution in [1.82, 2.24) is 10.2 Å². The maximum atomic E-state index is 6.28. The quantitative estimate of drug-likeness (QED) is 0.930. The summed E-state index contributed by atoms with van der Waals surface area (Å²) in [4.78, 5) is 2.39. The number of rotatable bonds is 3. The van der Waals surface area contributed by atoms with Crippen LogP contribution in [-0.4, -0.2) is 44.3 Å². The van der Waals surface area contributed by atoms with E-state index in [-0.39, 0.29) is 0 Å². The van der Waals surface area contributed by atoms with Gasteiger partial charge in [0.05, 0.1) is 5.02 Å². The van der Waals surface area contributed by atoms with Crippen LogP contribution in [0.15, 0.2) is 12.1 Å². The first-order valence-corrected chi connectivity index (χ1v) is 8.01. The van der Waals surface area contributed by atoms with Crippen LogP contribution < -0.4 is 14.8 Å². The minimum atomic E-state index is 0.563. The predicted molar refractivity (Wildman–Crippen MR) is 84.3 cm³/mol. The van der Waals surface area contributed by atoms with E-state index in [9.17, 15) is 0 Å². The van der Waals surface area contributed by atoms with Crippen LogP contribution in [0.25, 0.3) is 0 Å². The summed E-state index contributed by atoms with van der Waals surface area (Å²) in [6.07, 6.45) is 1.19. The molecular weight excluding hydrogens is 288 g/mol. The minimum absolute atomic E-state index is 0.563. The van der Waals surface area contributed by atoms with Gasteiger partial charge in [0.1, 0.15) is 13.2 Å². The predicted octanol–water partition coefficient (Wildman–Crippen LogP) is 2.54. The standard InChI is InChI=1S/C16H23ClN2O2/c1-11-10-19(2)4-3-14(11)18-9-12-7-13(17)16-15(8-12)20-5-6-21-16/h7-8,11,14,18H,3-6,9-10H2,1-2H3. The van der Waals surface area contributed by atoms with Gasteiger partial charge >= 0.3 is 0 Å². The van der Waals surface area contributed by atoms with Gasteiger partial charge in [-0.05, 0) is 43.6 Å². The lowest BCUT2D eigenvalue weighted by atomic mass is 9.94. The number of hydrogen-bond acceptors (Lipinski definition) is 4. The third kappa shape index (κ3) is 3.44. The SMILES string of the molecule is CC1CN(C)CCC1NCc1cc(Cl)c2c(c1)OCCO2. The van der Waals surface area contributed by atoms with Gasteiger partial charge in [-0.3, -0.25) is 0 Å². The number of ether oxygens (including phenoxy) is 2. The fourth-order valence-electron chi connectivity index (χ4n) is 3.17. The van der Waals surface area contributed by atoms with Gasteiger partial charge in [-0.15, -0.1) is 0 Å². The molecule has 0 aliphatic carbocycles. The molecule has 4 nitrogen and oxygen atoms in total. The summed E-state index contributed by atoms with van der Waals surface area (Å²) in [6, 6.07) is 4.57. The van der Waals surface area contributed by atoms with E-state index in [4.69, 9.17) is 21.1 Å². The minimum Gasteiger partial charge on any atom is -0.486 e. The second kappa shape index (κ2) is 6.42. The molecule has 2 atom stereocenters. The van der Waals surface area contributed by atoms with Crippen molar-refractivity contribution in [3.63, 3.8) is 0 Å². The van der Waals surface area contributed by atoms with Crippen molar-refractivity contribution in [2.75, 3.05) is 33.4 Å². The third-order valence-corrected chi connectivity index (χ3v) is 4.61. The molecule has 0 aromatic heterocycles. The van der Waals surface area contributed by atoms with Crippen LogP contribution in [-0.2, 0) is 6.54 Å². The van der Waals surface area contributed by atoms with Crippen molar-refractivity contribution in [2.24, 2.45) is 5.92 Å². The van der Waals surface area contributed by atoms with E-state index in [2.05, 4.69) is 24.2 Å². The molecule has 2 unspecified atom stereocenters. The van der Waals surface area contributed by atoms with Crippen LogP contribution in [0.5, 0.6) is 11.5 Å².